The van der Waals surface area contributed by atoms with Gasteiger partial charge in [-0.05, 0) is 51.1 Å². The van der Waals surface area contributed by atoms with Crippen LogP contribution in [0, 0.1) is 6.92 Å². The van der Waals surface area contributed by atoms with E-state index in [4.69, 9.17) is 9.47 Å². The predicted octanol–water partition coefficient (Wildman–Crippen LogP) is 3.30. The highest BCUT2D eigenvalue weighted by atomic mass is 16.5. The summed E-state index contributed by atoms with van der Waals surface area (Å²) in [6, 6.07) is 6.71. The van der Waals surface area contributed by atoms with Crippen LogP contribution in [0.2, 0.25) is 0 Å². The van der Waals surface area contributed by atoms with E-state index in [9.17, 15) is 4.79 Å². The molecule has 0 spiro atoms. The predicted molar refractivity (Wildman–Crippen MR) is 109 cm³/mol. The first-order valence-corrected chi connectivity index (χ1v) is 9.58. The molecule has 0 atom stereocenters. The van der Waals surface area contributed by atoms with Crippen LogP contribution in [0.4, 0.5) is 0 Å². The molecule has 26 heavy (non-hydrogen) atoms. The van der Waals surface area contributed by atoms with Crippen molar-refractivity contribution in [2.24, 2.45) is 0 Å². The molecule has 5 heteroatoms. The standard InChI is InChI=1S/C13H19NO2.C6H13NO.C2H6/c1-11-4-5-12(8-13(11)10-15)9-14(2)6-7-16-3;1-7-6-2-4-8-5-3-6;1-2/h4-5,8,10H,6-7,9H2,1-3H3;6-7H,2-5H2,1H3;1-2H3. The van der Waals surface area contributed by atoms with Crippen LogP contribution in [0.1, 0.15) is 48.2 Å². The first-order valence-electron chi connectivity index (χ1n) is 9.58. The van der Waals surface area contributed by atoms with Gasteiger partial charge in [0.1, 0.15) is 6.29 Å². The summed E-state index contributed by atoms with van der Waals surface area (Å²) in [6.45, 7) is 10.3. The summed E-state index contributed by atoms with van der Waals surface area (Å²) in [5.41, 5.74) is 2.96. The lowest BCUT2D eigenvalue weighted by Crippen LogP contribution is -2.31. The highest BCUT2D eigenvalue weighted by molar-refractivity contribution is 5.77. The van der Waals surface area contributed by atoms with Gasteiger partial charge in [0.15, 0.2) is 0 Å². The van der Waals surface area contributed by atoms with Crippen LogP contribution < -0.4 is 5.32 Å². The second-order valence-electron chi connectivity index (χ2n) is 6.21. The lowest BCUT2D eigenvalue weighted by molar-refractivity contribution is 0.0799. The van der Waals surface area contributed by atoms with Gasteiger partial charge in [0, 0.05) is 45.0 Å². The molecule has 1 aromatic carbocycles. The van der Waals surface area contributed by atoms with Gasteiger partial charge in [-0.25, -0.2) is 0 Å². The van der Waals surface area contributed by atoms with E-state index >= 15 is 0 Å². The zero-order chi connectivity index (χ0) is 19.8. The average Bonchev–Trinajstić information content (AvgIpc) is 2.70. The maximum atomic E-state index is 10.8. The van der Waals surface area contributed by atoms with Crippen molar-refractivity contribution < 1.29 is 14.3 Å². The second-order valence-corrected chi connectivity index (χ2v) is 6.21. The van der Waals surface area contributed by atoms with Gasteiger partial charge < -0.3 is 14.8 Å². The fraction of sp³-hybridized carbons (Fsp3) is 0.667. The minimum absolute atomic E-state index is 0.712. The molecule has 5 nitrogen and oxygen atoms in total. The molecule has 1 saturated heterocycles. The second kappa shape index (κ2) is 15.9. The first-order chi connectivity index (χ1) is 12.6. The Balaban J connectivity index is 0.000000522. The third-order valence-corrected chi connectivity index (χ3v) is 4.23. The van der Waals surface area contributed by atoms with Crippen molar-refractivity contribution in [2.45, 2.75) is 46.2 Å². The van der Waals surface area contributed by atoms with Crippen LogP contribution in [0.5, 0.6) is 0 Å². The Labute approximate surface area is 160 Å². The molecular weight excluding hydrogens is 328 g/mol. The monoisotopic (exact) mass is 366 g/mol. The molecule has 1 fully saturated rings. The van der Waals surface area contributed by atoms with E-state index in [1.54, 1.807) is 7.11 Å². The van der Waals surface area contributed by atoms with Crippen LogP contribution in [-0.2, 0) is 16.0 Å². The fourth-order valence-corrected chi connectivity index (χ4v) is 2.54. The van der Waals surface area contributed by atoms with Gasteiger partial charge in [0.2, 0.25) is 0 Å². The van der Waals surface area contributed by atoms with E-state index < -0.39 is 0 Å². The molecule has 0 radical (unpaired) electrons. The Morgan fingerprint density at radius 1 is 1.31 bits per heavy atom. The molecule has 1 aliphatic rings. The van der Waals surface area contributed by atoms with Crippen molar-refractivity contribution >= 4 is 6.29 Å². The largest absolute Gasteiger partial charge is 0.383 e. The number of carbonyl (C=O) groups excluding carboxylic acids is 1. The number of ether oxygens (including phenoxy) is 2. The molecule has 0 amide bonds. The number of likely N-dealkylation sites (N-methyl/N-ethyl adjacent to an activating group) is 1. The van der Waals surface area contributed by atoms with E-state index in [-0.39, 0.29) is 0 Å². The summed E-state index contributed by atoms with van der Waals surface area (Å²) >= 11 is 0. The molecule has 1 heterocycles. The van der Waals surface area contributed by atoms with Gasteiger partial charge in [-0.2, -0.15) is 0 Å². The third-order valence-electron chi connectivity index (χ3n) is 4.23. The van der Waals surface area contributed by atoms with Crippen LogP contribution in [0.3, 0.4) is 0 Å². The molecule has 0 unspecified atom stereocenters. The minimum atomic E-state index is 0.712. The maximum Gasteiger partial charge on any atom is 0.150 e. The quantitative estimate of drug-likeness (QED) is 0.751. The molecule has 0 saturated carbocycles. The molecular formula is C21H38N2O3. The number of nitrogens with zero attached hydrogens (tertiary/aromatic N) is 1. The van der Waals surface area contributed by atoms with Gasteiger partial charge in [-0.1, -0.05) is 26.0 Å². The molecule has 1 aliphatic heterocycles. The maximum absolute atomic E-state index is 10.8. The molecule has 1 aromatic rings. The third kappa shape index (κ3) is 10.7. The Morgan fingerprint density at radius 2 is 1.96 bits per heavy atom. The van der Waals surface area contributed by atoms with Crippen LogP contribution in [-0.4, -0.2) is 64.8 Å². The lowest BCUT2D eigenvalue weighted by Gasteiger charge is -2.20. The first kappa shape index (κ1) is 24.7. The Morgan fingerprint density at radius 3 is 2.46 bits per heavy atom. The van der Waals surface area contributed by atoms with Gasteiger partial charge in [-0.15, -0.1) is 0 Å². The van der Waals surface area contributed by atoms with Crippen molar-refractivity contribution in [3.63, 3.8) is 0 Å². The highest BCUT2D eigenvalue weighted by Gasteiger charge is 2.09. The number of rotatable bonds is 7. The summed E-state index contributed by atoms with van der Waals surface area (Å²) in [7, 11) is 5.75. The van der Waals surface area contributed by atoms with Crippen molar-refractivity contribution in [3.05, 3.63) is 34.9 Å². The lowest BCUT2D eigenvalue weighted by atomic mass is 10.1. The molecule has 0 bridgehead atoms. The zero-order valence-corrected chi connectivity index (χ0v) is 17.5. The van der Waals surface area contributed by atoms with E-state index in [1.165, 1.54) is 12.8 Å². The normalized spacial score (nSPS) is 14.1. The van der Waals surface area contributed by atoms with Crippen molar-refractivity contribution in [1.82, 2.24) is 10.2 Å². The molecule has 0 aliphatic carbocycles. The summed E-state index contributed by atoms with van der Waals surface area (Å²) < 4.78 is 10.2. The van der Waals surface area contributed by atoms with Gasteiger partial charge in [0.25, 0.3) is 0 Å². The Hall–Kier alpha value is -1.27. The number of carbonyl (C=O) groups is 1. The Bertz CT molecular complexity index is 474. The number of nitrogens with one attached hydrogen (secondary N) is 1. The number of aryl methyl sites for hydroxylation is 1. The summed E-state index contributed by atoms with van der Waals surface area (Å²) in [5.74, 6) is 0. The van der Waals surface area contributed by atoms with Crippen molar-refractivity contribution in [1.29, 1.82) is 0 Å². The molecule has 2 rings (SSSR count). The fourth-order valence-electron chi connectivity index (χ4n) is 2.54. The number of aldehydes is 1. The van der Waals surface area contributed by atoms with Crippen LogP contribution >= 0.6 is 0 Å². The number of hydrogen-bond acceptors (Lipinski definition) is 5. The smallest absolute Gasteiger partial charge is 0.150 e. The number of benzene rings is 1. The van der Waals surface area contributed by atoms with E-state index in [0.717, 1.165) is 55.9 Å². The van der Waals surface area contributed by atoms with Crippen molar-refractivity contribution in [2.75, 3.05) is 47.6 Å². The van der Waals surface area contributed by atoms with Crippen LogP contribution in [0.25, 0.3) is 0 Å². The molecule has 0 aromatic heterocycles. The summed E-state index contributed by atoms with van der Waals surface area (Å²) in [4.78, 5) is 13.0. The van der Waals surface area contributed by atoms with Crippen LogP contribution in [0.15, 0.2) is 18.2 Å². The number of hydrogen-bond donors (Lipinski definition) is 1. The van der Waals surface area contributed by atoms with Gasteiger partial charge in [0.05, 0.1) is 6.61 Å². The Kier molecular flexibility index (Phi) is 15.2. The summed E-state index contributed by atoms with van der Waals surface area (Å²) in [6.07, 6.45) is 3.26. The van der Waals surface area contributed by atoms with E-state index in [0.29, 0.717) is 6.04 Å². The molecule has 150 valence electrons. The van der Waals surface area contributed by atoms with Gasteiger partial charge >= 0.3 is 0 Å². The average molecular weight is 367 g/mol. The zero-order valence-electron chi connectivity index (χ0n) is 17.5. The van der Waals surface area contributed by atoms with Gasteiger partial charge in [-0.3, -0.25) is 9.69 Å². The highest BCUT2D eigenvalue weighted by Crippen LogP contribution is 2.10. The van der Waals surface area contributed by atoms with E-state index in [2.05, 4.69) is 16.3 Å². The molecule has 1 N–H and O–H groups in total. The number of methoxy groups -OCH3 is 1. The topological polar surface area (TPSA) is 50.8 Å². The minimum Gasteiger partial charge on any atom is -0.383 e. The summed E-state index contributed by atoms with van der Waals surface area (Å²) in [5, 5.41) is 3.22. The van der Waals surface area contributed by atoms with E-state index in [1.807, 2.05) is 47.0 Å². The van der Waals surface area contributed by atoms with Crippen molar-refractivity contribution in [3.8, 4) is 0 Å². The SMILES string of the molecule is CC.CNC1CCOCC1.COCCN(C)Cc1ccc(C)c(C=O)c1.